The summed E-state index contributed by atoms with van der Waals surface area (Å²) in [6, 6.07) is 5.85. The van der Waals surface area contributed by atoms with Crippen LogP contribution in [-0.4, -0.2) is 43.1 Å². The predicted octanol–water partition coefficient (Wildman–Crippen LogP) is 4.22. The number of benzene rings is 1. The standard InChI is InChI=1S/C20H26N2O3S/c1-12(2)19-21-13(3)18(26-19)20(23)22-9-8-14(11-22)16-10-15(24-4)6-7-17(16)25-5/h6-7,10,12,14H,8-9,11H2,1-5H3. The number of rotatable bonds is 5. The van der Waals surface area contributed by atoms with Gasteiger partial charge in [-0.1, -0.05) is 13.8 Å². The molecule has 6 heteroatoms. The minimum atomic E-state index is 0.0938. The van der Waals surface area contributed by atoms with Gasteiger partial charge in [0.1, 0.15) is 16.4 Å². The van der Waals surface area contributed by atoms with E-state index in [1.807, 2.05) is 30.0 Å². The van der Waals surface area contributed by atoms with Gasteiger partial charge in [-0.05, 0) is 31.5 Å². The van der Waals surface area contributed by atoms with E-state index in [-0.39, 0.29) is 11.8 Å². The van der Waals surface area contributed by atoms with Crippen LogP contribution < -0.4 is 9.47 Å². The molecule has 1 aromatic carbocycles. The topological polar surface area (TPSA) is 51.7 Å². The number of nitrogens with zero attached hydrogens (tertiary/aromatic N) is 2. The predicted molar refractivity (Wildman–Crippen MR) is 104 cm³/mol. The molecule has 1 saturated heterocycles. The van der Waals surface area contributed by atoms with E-state index in [0.717, 1.165) is 45.6 Å². The van der Waals surface area contributed by atoms with E-state index in [0.29, 0.717) is 12.5 Å². The fraction of sp³-hybridized carbons (Fsp3) is 0.500. The van der Waals surface area contributed by atoms with Gasteiger partial charge in [-0.25, -0.2) is 4.98 Å². The van der Waals surface area contributed by atoms with Crippen molar-refractivity contribution >= 4 is 17.2 Å². The third-order valence-electron chi connectivity index (χ3n) is 4.85. The van der Waals surface area contributed by atoms with Crippen LogP contribution in [0.15, 0.2) is 18.2 Å². The molecular formula is C20H26N2O3S. The van der Waals surface area contributed by atoms with Crippen LogP contribution in [-0.2, 0) is 0 Å². The fourth-order valence-corrected chi connectivity index (χ4v) is 4.40. The summed E-state index contributed by atoms with van der Waals surface area (Å²) in [5.74, 6) is 2.34. The number of aromatic nitrogens is 1. The van der Waals surface area contributed by atoms with Crippen LogP contribution >= 0.6 is 11.3 Å². The average molecular weight is 375 g/mol. The van der Waals surface area contributed by atoms with Crippen molar-refractivity contribution in [3.63, 3.8) is 0 Å². The molecular weight excluding hydrogens is 348 g/mol. The zero-order valence-corrected chi connectivity index (χ0v) is 16.9. The number of thiazole rings is 1. The van der Waals surface area contributed by atoms with Crippen LogP contribution in [0.4, 0.5) is 0 Å². The van der Waals surface area contributed by atoms with Crippen molar-refractivity contribution in [2.45, 2.75) is 39.0 Å². The first-order chi connectivity index (χ1) is 12.4. The maximum absolute atomic E-state index is 13.0. The third-order valence-corrected chi connectivity index (χ3v) is 6.30. The van der Waals surface area contributed by atoms with Crippen LogP contribution in [0.1, 0.15) is 58.0 Å². The van der Waals surface area contributed by atoms with Crippen LogP contribution in [0.2, 0.25) is 0 Å². The Bertz CT molecular complexity index is 800. The first kappa shape index (κ1) is 18.7. The summed E-state index contributed by atoms with van der Waals surface area (Å²) in [5, 5.41) is 1.02. The van der Waals surface area contributed by atoms with E-state index in [1.165, 1.54) is 11.3 Å². The van der Waals surface area contributed by atoms with Crippen LogP contribution in [0, 0.1) is 6.92 Å². The number of carbonyl (C=O) groups is 1. The van der Waals surface area contributed by atoms with Gasteiger partial charge in [-0.2, -0.15) is 0 Å². The summed E-state index contributed by atoms with van der Waals surface area (Å²) in [6.45, 7) is 7.57. The van der Waals surface area contributed by atoms with Gasteiger partial charge in [0.2, 0.25) is 0 Å². The van der Waals surface area contributed by atoms with Gasteiger partial charge in [0, 0.05) is 30.5 Å². The lowest BCUT2D eigenvalue weighted by molar-refractivity contribution is 0.0794. The molecule has 0 saturated carbocycles. The smallest absolute Gasteiger partial charge is 0.265 e. The molecule has 1 fully saturated rings. The van der Waals surface area contributed by atoms with Crippen molar-refractivity contribution in [3.8, 4) is 11.5 Å². The average Bonchev–Trinajstić information content (AvgIpc) is 3.27. The molecule has 1 amide bonds. The second-order valence-electron chi connectivity index (χ2n) is 6.97. The SMILES string of the molecule is COc1ccc(OC)c(C2CCN(C(=O)c3sc(C(C)C)nc3C)C2)c1. The fourth-order valence-electron chi connectivity index (χ4n) is 3.36. The number of carbonyl (C=O) groups excluding carboxylic acids is 1. The summed E-state index contributed by atoms with van der Waals surface area (Å²) in [4.78, 5) is 20.3. The van der Waals surface area contributed by atoms with Crippen LogP contribution in [0.3, 0.4) is 0 Å². The van der Waals surface area contributed by atoms with Crippen LogP contribution in [0.5, 0.6) is 11.5 Å². The van der Waals surface area contributed by atoms with Crippen molar-refractivity contribution in [2.24, 2.45) is 0 Å². The molecule has 1 aromatic heterocycles. The summed E-state index contributed by atoms with van der Waals surface area (Å²) < 4.78 is 10.9. The Morgan fingerprint density at radius 1 is 1.31 bits per heavy atom. The van der Waals surface area contributed by atoms with E-state index in [9.17, 15) is 4.79 Å². The molecule has 26 heavy (non-hydrogen) atoms. The van der Waals surface area contributed by atoms with Gasteiger partial charge < -0.3 is 14.4 Å². The van der Waals surface area contributed by atoms with Gasteiger partial charge >= 0.3 is 0 Å². The van der Waals surface area contributed by atoms with Crippen molar-refractivity contribution in [3.05, 3.63) is 39.3 Å². The van der Waals surface area contributed by atoms with Gasteiger partial charge in [0.05, 0.1) is 24.9 Å². The summed E-state index contributed by atoms with van der Waals surface area (Å²) in [7, 11) is 3.34. The Balaban J connectivity index is 1.79. The molecule has 1 unspecified atom stereocenters. The lowest BCUT2D eigenvalue weighted by Crippen LogP contribution is -2.28. The van der Waals surface area contributed by atoms with E-state index >= 15 is 0 Å². The summed E-state index contributed by atoms with van der Waals surface area (Å²) in [5.41, 5.74) is 1.94. The molecule has 5 nitrogen and oxygen atoms in total. The highest BCUT2D eigenvalue weighted by molar-refractivity contribution is 7.13. The largest absolute Gasteiger partial charge is 0.497 e. The van der Waals surface area contributed by atoms with Crippen molar-refractivity contribution in [1.82, 2.24) is 9.88 Å². The van der Waals surface area contributed by atoms with E-state index in [4.69, 9.17) is 9.47 Å². The Morgan fingerprint density at radius 2 is 2.08 bits per heavy atom. The molecule has 3 rings (SSSR count). The molecule has 140 valence electrons. The number of aryl methyl sites for hydroxylation is 1. The first-order valence-corrected chi connectivity index (χ1v) is 9.74. The van der Waals surface area contributed by atoms with E-state index in [1.54, 1.807) is 14.2 Å². The lowest BCUT2D eigenvalue weighted by atomic mass is 9.97. The number of amides is 1. The monoisotopic (exact) mass is 374 g/mol. The van der Waals surface area contributed by atoms with E-state index < -0.39 is 0 Å². The maximum Gasteiger partial charge on any atom is 0.265 e. The Hall–Kier alpha value is -2.08. The Labute approximate surface area is 159 Å². The minimum absolute atomic E-state index is 0.0938. The number of hydrogen-bond donors (Lipinski definition) is 0. The number of methoxy groups -OCH3 is 2. The molecule has 2 heterocycles. The second-order valence-corrected chi connectivity index (χ2v) is 8.00. The van der Waals surface area contributed by atoms with Gasteiger partial charge in [-0.3, -0.25) is 4.79 Å². The molecule has 1 aliphatic heterocycles. The molecule has 0 radical (unpaired) electrons. The van der Waals surface area contributed by atoms with Gasteiger partial charge in [0.25, 0.3) is 5.91 Å². The Morgan fingerprint density at radius 3 is 2.69 bits per heavy atom. The van der Waals surface area contributed by atoms with Crippen LogP contribution in [0.25, 0.3) is 0 Å². The van der Waals surface area contributed by atoms with Gasteiger partial charge in [-0.15, -0.1) is 11.3 Å². The maximum atomic E-state index is 13.0. The number of hydrogen-bond acceptors (Lipinski definition) is 5. The highest BCUT2D eigenvalue weighted by atomic mass is 32.1. The van der Waals surface area contributed by atoms with E-state index in [2.05, 4.69) is 18.8 Å². The van der Waals surface area contributed by atoms with Crippen molar-refractivity contribution < 1.29 is 14.3 Å². The molecule has 1 atom stereocenters. The first-order valence-electron chi connectivity index (χ1n) is 8.93. The minimum Gasteiger partial charge on any atom is -0.497 e. The third kappa shape index (κ3) is 3.56. The van der Waals surface area contributed by atoms with Gasteiger partial charge in [0.15, 0.2) is 0 Å². The molecule has 0 aliphatic carbocycles. The second kappa shape index (κ2) is 7.66. The molecule has 1 aliphatic rings. The molecule has 2 aromatic rings. The normalized spacial score (nSPS) is 17.0. The molecule has 0 spiro atoms. The molecule has 0 bridgehead atoms. The highest BCUT2D eigenvalue weighted by Gasteiger charge is 2.31. The highest BCUT2D eigenvalue weighted by Crippen LogP contribution is 2.37. The lowest BCUT2D eigenvalue weighted by Gasteiger charge is -2.18. The zero-order chi connectivity index (χ0) is 18.8. The summed E-state index contributed by atoms with van der Waals surface area (Å²) in [6.07, 6.45) is 0.921. The summed E-state index contributed by atoms with van der Waals surface area (Å²) >= 11 is 1.53. The Kier molecular flexibility index (Phi) is 5.51. The molecule has 0 N–H and O–H groups in total. The van der Waals surface area contributed by atoms with Crippen molar-refractivity contribution in [1.29, 1.82) is 0 Å². The van der Waals surface area contributed by atoms with Crippen molar-refractivity contribution in [2.75, 3.05) is 27.3 Å². The number of ether oxygens (including phenoxy) is 2. The number of likely N-dealkylation sites (tertiary alicyclic amines) is 1. The quantitative estimate of drug-likeness (QED) is 0.786. The zero-order valence-electron chi connectivity index (χ0n) is 16.0.